The van der Waals surface area contributed by atoms with Gasteiger partial charge in [0.25, 0.3) is 0 Å². The van der Waals surface area contributed by atoms with Crippen LogP contribution in [-0.2, 0) is 9.59 Å². The number of anilines is 2. The van der Waals surface area contributed by atoms with Crippen molar-refractivity contribution >= 4 is 34.9 Å². The number of nitrogens with zero attached hydrogens (tertiary/aromatic N) is 2. The van der Waals surface area contributed by atoms with E-state index in [0.717, 1.165) is 16.9 Å². The van der Waals surface area contributed by atoms with Gasteiger partial charge in [-0.3, -0.25) is 9.59 Å². The van der Waals surface area contributed by atoms with Gasteiger partial charge in [-0.2, -0.15) is 5.10 Å². The lowest BCUT2D eigenvalue weighted by Crippen LogP contribution is -2.35. The first-order chi connectivity index (χ1) is 14.0. The summed E-state index contributed by atoms with van der Waals surface area (Å²) in [4.78, 5) is 25.2. The molecule has 0 saturated heterocycles. The smallest absolute Gasteiger partial charge is 0.249 e. The number of rotatable bonds is 4. The number of hydrogen-bond acceptors (Lipinski definition) is 4. The molecule has 7 nitrogen and oxygen atoms in total. The van der Waals surface area contributed by atoms with Crippen LogP contribution in [0.1, 0.15) is 18.0 Å². The number of carbonyl (C=O) groups is 2. The second kappa shape index (κ2) is 7.60. The van der Waals surface area contributed by atoms with E-state index in [9.17, 15) is 9.59 Å². The molecule has 2 heterocycles. The molecule has 1 aromatic heterocycles. The molecule has 2 amide bonds. The van der Waals surface area contributed by atoms with Gasteiger partial charge in [0.2, 0.25) is 11.8 Å². The van der Waals surface area contributed by atoms with Gasteiger partial charge in [-0.25, -0.2) is 4.68 Å². The van der Waals surface area contributed by atoms with Crippen LogP contribution in [-0.4, -0.2) is 28.7 Å². The first-order valence-electron chi connectivity index (χ1n) is 9.06. The minimum atomic E-state index is -0.750. The molecule has 0 saturated carbocycles. The number of methoxy groups -OCH3 is 1. The third-order valence-electron chi connectivity index (χ3n) is 4.86. The maximum atomic E-state index is 12.9. The predicted molar refractivity (Wildman–Crippen MR) is 111 cm³/mol. The summed E-state index contributed by atoms with van der Waals surface area (Å²) in [5.41, 5.74) is 2.98. The van der Waals surface area contributed by atoms with Crippen LogP contribution < -0.4 is 15.4 Å². The van der Waals surface area contributed by atoms with Crippen molar-refractivity contribution in [2.75, 3.05) is 17.7 Å². The average Bonchev–Trinajstić information content (AvgIpc) is 3.05. The van der Waals surface area contributed by atoms with Gasteiger partial charge in [0.15, 0.2) is 0 Å². The number of nitrogens with one attached hydrogen (secondary N) is 2. The summed E-state index contributed by atoms with van der Waals surface area (Å²) in [5.74, 6) is 0.734. The fourth-order valence-electron chi connectivity index (χ4n) is 3.32. The highest BCUT2D eigenvalue weighted by molar-refractivity contribution is 6.30. The van der Waals surface area contributed by atoms with Crippen LogP contribution in [0.4, 0.5) is 11.5 Å². The molecule has 29 heavy (non-hydrogen) atoms. The summed E-state index contributed by atoms with van der Waals surface area (Å²) >= 11 is 5.89. The quantitative estimate of drug-likeness (QED) is 0.679. The molecule has 8 heteroatoms. The molecule has 0 fully saturated rings. The normalized spacial score (nSPS) is 15.4. The van der Waals surface area contributed by atoms with Gasteiger partial charge in [-0.1, -0.05) is 11.6 Å². The standard InChI is InChI=1S/C21H19ClN4O3/c1-12-19(13-3-9-16(29-2)10-4-13)25-26-17(11-18(27)24-20(12)26)21(28)23-15-7-5-14(22)6-8-15/h3-10,17H,11H2,1-2H3,(H,23,28)(H,24,27)/t17-/m0/s1. The van der Waals surface area contributed by atoms with Gasteiger partial charge in [-0.05, 0) is 55.5 Å². The SMILES string of the molecule is COc1ccc(-c2nn3c(c2C)NC(=O)C[C@H]3C(=O)Nc2ccc(Cl)cc2)cc1. The van der Waals surface area contributed by atoms with Gasteiger partial charge in [0.1, 0.15) is 17.6 Å². The van der Waals surface area contributed by atoms with Crippen LogP contribution in [0, 0.1) is 6.92 Å². The number of ether oxygens (including phenoxy) is 1. The number of fused-ring (bicyclic) bond motifs is 1. The monoisotopic (exact) mass is 410 g/mol. The van der Waals surface area contributed by atoms with Crippen LogP contribution in [0.2, 0.25) is 5.02 Å². The van der Waals surface area contributed by atoms with E-state index < -0.39 is 6.04 Å². The highest BCUT2D eigenvalue weighted by atomic mass is 35.5. The Morgan fingerprint density at radius 3 is 2.55 bits per heavy atom. The highest BCUT2D eigenvalue weighted by Crippen LogP contribution is 2.35. The summed E-state index contributed by atoms with van der Waals surface area (Å²) in [6.07, 6.45) is 0.00952. The van der Waals surface area contributed by atoms with E-state index in [-0.39, 0.29) is 18.2 Å². The zero-order valence-corrected chi connectivity index (χ0v) is 16.7. The van der Waals surface area contributed by atoms with Crippen molar-refractivity contribution in [3.63, 3.8) is 0 Å². The summed E-state index contributed by atoms with van der Waals surface area (Å²) in [6, 6.07) is 13.5. The Balaban J connectivity index is 1.67. The molecule has 2 aromatic carbocycles. The molecule has 1 aliphatic rings. The molecule has 3 aromatic rings. The van der Waals surface area contributed by atoms with Crippen molar-refractivity contribution in [3.05, 3.63) is 59.1 Å². The first kappa shape index (κ1) is 19.0. The number of hydrogen-bond donors (Lipinski definition) is 2. The number of halogens is 1. The van der Waals surface area contributed by atoms with E-state index >= 15 is 0 Å². The number of benzene rings is 2. The summed E-state index contributed by atoms with van der Waals surface area (Å²) in [5, 5.41) is 10.9. The molecule has 2 N–H and O–H groups in total. The van der Waals surface area contributed by atoms with Crippen molar-refractivity contribution in [2.45, 2.75) is 19.4 Å². The molecule has 0 spiro atoms. The lowest BCUT2D eigenvalue weighted by atomic mass is 10.1. The maximum absolute atomic E-state index is 12.9. The van der Waals surface area contributed by atoms with E-state index in [4.69, 9.17) is 16.3 Å². The molecule has 0 aliphatic carbocycles. The summed E-state index contributed by atoms with van der Waals surface area (Å²) in [7, 11) is 1.61. The lowest BCUT2D eigenvalue weighted by Gasteiger charge is -2.24. The highest BCUT2D eigenvalue weighted by Gasteiger charge is 2.34. The third kappa shape index (κ3) is 3.69. The first-order valence-corrected chi connectivity index (χ1v) is 9.44. The van der Waals surface area contributed by atoms with Crippen molar-refractivity contribution < 1.29 is 14.3 Å². The second-order valence-electron chi connectivity index (χ2n) is 6.76. The molecule has 4 rings (SSSR count). The Hall–Kier alpha value is -3.32. The average molecular weight is 411 g/mol. The maximum Gasteiger partial charge on any atom is 0.249 e. The van der Waals surface area contributed by atoms with Crippen molar-refractivity contribution in [2.24, 2.45) is 0 Å². The summed E-state index contributed by atoms with van der Waals surface area (Å²) in [6.45, 7) is 1.87. The Kier molecular flexibility index (Phi) is 4.98. The van der Waals surface area contributed by atoms with E-state index in [0.29, 0.717) is 22.2 Å². The summed E-state index contributed by atoms with van der Waals surface area (Å²) < 4.78 is 6.78. The van der Waals surface area contributed by atoms with E-state index in [2.05, 4.69) is 15.7 Å². The van der Waals surface area contributed by atoms with Crippen molar-refractivity contribution in [1.29, 1.82) is 0 Å². The van der Waals surface area contributed by atoms with Crippen molar-refractivity contribution in [3.8, 4) is 17.0 Å². The van der Waals surface area contributed by atoms with E-state index in [1.165, 1.54) is 0 Å². The Morgan fingerprint density at radius 2 is 1.90 bits per heavy atom. The Morgan fingerprint density at radius 1 is 1.21 bits per heavy atom. The van der Waals surface area contributed by atoms with Gasteiger partial charge < -0.3 is 15.4 Å². The van der Waals surface area contributed by atoms with Gasteiger partial charge in [0, 0.05) is 21.8 Å². The largest absolute Gasteiger partial charge is 0.497 e. The molecule has 148 valence electrons. The molecular weight excluding hydrogens is 392 g/mol. The lowest BCUT2D eigenvalue weighted by molar-refractivity contribution is -0.125. The second-order valence-corrected chi connectivity index (χ2v) is 7.20. The molecule has 0 radical (unpaired) electrons. The van der Waals surface area contributed by atoms with Crippen LogP contribution in [0.5, 0.6) is 5.75 Å². The fraction of sp³-hybridized carbons (Fsp3) is 0.190. The van der Waals surface area contributed by atoms with Crippen LogP contribution in [0.25, 0.3) is 11.3 Å². The predicted octanol–water partition coefficient (Wildman–Crippen LogP) is 4.04. The molecule has 1 atom stereocenters. The Bertz CT molecular complexity index is 1070. The fourth-order valence-corrected chi connectivity index (χ4v) is 3.45. The molecule has 1 aliphatic heterocycles. The molecular formula is C21H19ClN4O3. The van der Waals surface area contributed by atoms with Crippen LogP contribution in [0.15, 0.2) is 48.5 Å². The van der Waals surface area contributed by atoms with E-state index in [1.807, 2.05) is 31.2 Å². The van der Waals surface area contributed by atoms with Gasteiger partial charge in [0.05, 0.1) is 19.2 Å². The number of carbonyl (C=O) groups excluding carboxylic acids is 2. The third-order valence-corrected chi connectivity index (χ3v) is 5.11. The van der Waals surface area contributed by atoms with Crippen LogP contribution >= 0.6 is 11.6 Å². The minimum Gasteiger partial charge on any atom is -0.497 e. The minimum absolute atomic E-state index is 0.00952. The number of amides is 2. The molecule has 0 bridgehead atoms. The zero-order valence-electron chi connectivity index (χ0n) is 15.9. The van der Waals surface area contributed by atoms with Gasteiger partial charge >= 0.3 is 0 Å². The Labute approximate surface area is 172 Å². The van der Waals surface area contributed by atoms with E-state index in [1.54, 1.807) is 36.1 Å². The van der Waals surface area contributed by atoms with Crippen LogP contribution in [0.3, 0.4) is 0 Å². The number of aromatic nitrogens is 2. The van der Waals surface area contributed by atoms with Gasteiger partial charge in [-0.15, -0.1) is 0 Å². The topological polar surface area (TPSA) is 85.2 Å². The zero-order chi connectivity index (χ0) is 20.5. The molecule has 0 unspecified atom stereocenters. The van der Waals surface area contributed by atoms with Crippen molar-refractivity contribution in [1.82, 2.24) is 9.78 Å².